The van der Waals surface area contributed by atoms with Crippen LogP contribution in [0.3, 0.4) is 0 Å². The number of rotatable bonds is 2. The predicted octanol–water partition coefficient (Wildman–Crippen LogP) is 3.52. The zero-order valence-corrected chi connectivity index (χ0v) is 16.5. The number of aliphatic hydroxyl groups is 1. The van der Waals surface area contributed by atoms with Gasteiger partial charge in [0.2, 0.25) is 5.13 Å². The lowest BCUT2D eigenvalue weighted by atomic mass is 9.86. The molecule has 0 bridgehead atoms. The molecule has 1 aliphatic rings. The van der Waals surface area contributed by atoms with Crippen LogP contribution in [0.15, 0.2) is 35.1 Å². The summed E-state index contributed by atoms with van der Waals surface area (Å²) in [6.07, 6.45) is 1.58. The Morgan fingerprint density at radius 1 is 1.33 bits per heavy atom. The maximum absolute atomic E-state index is 10.6. The van der Waals surface area contributed by atoms with Crippen LogP contribution in [0, 0.1) is 18.8 Å². The highest BCUT2D eigenvalue weighted by Gasteiger charge is 2.37. The lowest BCUT2D eigenvalue weighted by molar-refractivity contribution is 0.112. The molecule has 0 aliphatic carbocycles. The molecule has 1 aromatic carbocycles. The minimum atomic E-state index is -1.38. The Bertz CT molecular complexity index is 1040. The summed E-state index contributed by atoms with van der Waals surface area (Å²) in [5.74, 6) is 6.62. The van der Waals surface area contributed by atoms with Crippen LogP contribution in [-0.4, -0.2) is 26.2 Å². The normalized spacial score (nSPS) is 17.1. The van der Waals surface area contributed by atoms with Crippen molar-refractivity contribution in [1.82, 2.24) is 14.5 Å². The molecule has 27 heavy (non-hydrogen) atoms. The molecule has 7 heteroatoms. The van der Waals surface area contributed by atoms with Gasteiger partial charge in [-0.25, -0.2) is 4.98 Å². The van der Waals surface area contributed by atoms with Gasteiger partial charge in [0, 0.05) is 40.8 Å². The van der Waals surface area contributed by atoms with Gasteiger partial charge in [-0.1, -0.05) is 36.9 Å². The fraction of sp³-hybridized carbons (Fsp3) is 0.350. The molecule has 4 rings (SSSR count). The Morgan fingerprint density at radius 3 is 2.81 bits per heavy atom. The minimum Gasteiger partial charge on any atom is -0.372 e. The van der Waals surface area contributed by atoms with Crippen molar-refractivity contribution in [2.45, 2.75) is 38.7 Å². The average molecular weight is 380 g/mol. The van der Waals surface area contributed by atoms with Gasteiger partial charge in [0.25, 0.3) is 0 Å². The number of nitrogens with zero attached hydrogens (tertiary/aromatic N) is 4. The van der Waals surface area contributed by atoms with Gasteiger partial charge < -0.3 is 14.5 Å². The molecule has 0 saturated carbocycles. The lowest BCUT2D eigenvalue weighted by Crippen LogP contribution is -2.24. The zero-order chi connectivity index (χ0) is 19.2. The van der Waals surface area contributed by atoms with Gasteiger partial charge in [0.1, 0.15) is 17.8 Å². The van der Waals surface area contributed by atoms with Crippen molar-refractivity contribution in [3.05, 3.63) is 53.2 Å². The summed E-state index contributed by atoms with van der Waals surface area (Å²) >= 11 is 1.38. The van der Waals surface area contributed by atoms with E-state index >= 15 is 0 Å². The van der Waals surface area contributed by atoms with Crippen LogP contribution in [0.4, 0.5) is 10.8 Å². The van der Waals surface area contributed by atoms with Gasteiger partial charge in [-0.3, -0.25) is 0 Å². The molecule has 1 aliphatic heterocycles. The van der Waals surface area contributed by atoms with Gasteiger partial charge in [0.15, 0.2) is 5.60 Å². The van der Waals surface area contributed by atoms with E-state index in [2.05, 4.69) is 51.2 Å². The summed E-state index contributed by atoms with van der Waals surface area (Å²) in [5.41, 5.74) is 2.19. The largest absolute Gasteiger partial charge is 0.372 e. The number of hydrogen-bond donors (Lipinski definition) is 1. The fourth-order valence-electron chi connectivity index (χ4n) is 3.28. The van der Waals surface area contributed by atoms with Gasteiger partial charge in [0.05, 0.1) is 0 Å². The fourth-order valence-corrected chi connectivity index (χ4v) is 3.83. The number of aromatic nitrogens is 3. The van der Waals surface area contributed by atoms with Crippen molar-refractivity contribution in [1.29, 1.82) is 0 Å². The molecule has 0 fully saturated rings. The first-order valence-corrected chi connectivity index (χ1v) is 9.42. The first-order chi connectivity index (χ1) is 12.8. The van der Waals surface area contributed by atoms with E-state index in [1.807, 2.05) is 12.1 Å². The number of hydrogen-bond acceptors (Lipinski definition) is 7. The molecular formula is C20H20N4O2S. The summed E-state index contributed by atoms with van der Waals surface area (Å²) in [4.78, 5) is 6.54. The van der Waals surface area contributed by atoms with Crippen molar-refractivity contribution in [3.63, 3.8) is 0 Å². The second-order valence-electron chi connectivity index (χ2n) is 7.57. The molecule has 0 amide bonds. The number of anilines is 2. The maximum Gasteiger partial charge on any atom is 0.209 e. The van der Waals surface area contributed by atoms with E-state index in [1.54, 1.807) is 26.2 Å². The summed E-state index contributed by atoms with van der Waals surface area (Å²) in [5, 5.41) is 15.4. The second kappa shape index (κ2) is 6.19. The molecule has 0 saturated heterocycles. The monoisotopic (exact) mass is 380 g/mol. The lowest BCUT2D eigenvalue weighted by Gasteiger charge is -2.19. The summed E-state index contributed by atoms with van der Waals surface area (Å²) in [7, 11) is 0. The standard InChI is InChI=1S/C20H20N4O2S/c1-13-9-17(23-26-13)20(4,25)8-7-14-5-6-15-16(10-14)24(11-19(15,2)3)18-21-12-22-27-18/h5-6,9-10,12,25H,11H2,1-4H3/t20-/m1/s1. The van der Waals surface area contributed by atoms with Crippen LogP contribution in [0.5, 0.6) is 0 Å². The van der Waals surface area contributed by atoms with Crippen LogP contribution in [0.25, 0.3) is 0 Å². The maximum atomic E-state index is 10.6. The molecule has 6 nitrogen and oxygen atoms in total. The molecule has 138 valence electrons. The van der Waals surface area contributed by atoms with Crippen LogP contribution in [0.1, 0.15) is 43.4 Å². The number of aryl methyl sites for hydroxylation is 1. The highest BCUT2D eigenvalue weighted by Crippen LogP contribution is 2.44. The van der Waals surface area contributed by atoms with Gasteiger partial charge in [-0.2, -0.15) is 4.37 Å². The molecule has 0 radical (unpaired) electrons. The highest BCUT2D eigenvalue weighted by molar-refractivity contribution is 7.09. The third-order valence-electron chi connectivity index (χ3n) is 4.73. The van der Waals surface area contributed by atoms with E-state index < -0.39 is 5.60 Å². The van der Waals surface area contributed by atoms with Crippen LogP contribution in [-0.2, 0) is 11.0 Å². The Morgan fingerprint density at radius 2 is 2.15 bits per heavy atom. The van der Waals surface area contributed by atoms with E-state index in [9.17, 15) is 5.11 Å². The molecule has 3 heterocycles. The number of benzene rings is 1. The van der Waals surface area contributed by atoms with Gasteiger partial charge in [-0.05, 0) is 31.5 Å². The summed E-state index contributed by atoms with van der Waals surface area (Å²) in [6, 6.07) is 7.83. The number of fused-ring (bicyclic) bond motifs is 1. The summed E-state index contributed by atoms with van der Waals surface area (Å²) in [6.45, 7) is 8.67. The first kappa shape index (κ1) is 17.7. The smallest absolute Gasteiger partial charge is 0.209 e. The van der Waals surface area contributed by atoms with Crippen molar-refractivity contribution in [3.8, 4) is 11.8 Å². The first-order valence-electron chi connectivity index (χ1n) is 8.64. The van der Waals surface area contributed by atoms with E-state index in [1.165, 1.54) is 17.1 Å². The van der Waals surface area contributed by atoms with Crippen LogP contribution in [0.2, 0.25) is 0 Å². The van der Waals surface area contributed by atoms with Crippen molar-refractivity contribution >= 4 is 22.4 Å². The average Bonchev–Trinajstić information content (AvgIpc) is 3.33. The van der Waals surface area contributed by atoms with Crippen LogP contribution < -0.4 is 4.90 Å². The van der Waals surface area contributed by atoms with Crippen LogP contribution >= 0.6 is 11.5 Å². The van der Waals surface area contributed by atoms with Gasteiger partial charge in [-0.15, -0.1) is 0 Å². The van der Waals surface area contributed by atoms with Gasteiger partial charge >= 0.3 is 0 Å². The SMILES string of the molecule is Cc1cc([C@](C)(O)C#Cc2ccc3c(c2)N(c2ncns2)CC3(C)C)no1. The van der Waals surface area contributed by atoms with E-state index in [0.29, 0.717) is 11.5 Å². The Hall–Kier alpha value is -2.69. The molecule has 3 aromatic rings. The molecule has 1 N–H and O–H groups in total. The van der Waals surface area contributed by atoms with Crippen molar-refractivity contribution < 1.29 is 9.63 Å². The molecule has 0 spiro atoms. The highest BCUT2D eigenvalue weighted by atomic mass is 32.1. The Balaban J connectivity index is 1.70. The molecule has 0 unspecified atom stereocenters. The molecule has 2 aromatic heterocycles. The predicted molar refractivity (Wildman–Crippen MR) is 104 cm³/mol. The zero-order valence-electron chi connectivity index (χ0n) is 15.6. The molecular weight excluding hydrogens is 360 g/mol. The Labute approximate surface area is 162 Å². The third kappa shape index (κ3) is 3.22. The van der Waals surface area contributed by atoms with E-state index in [-0.39, 0.29) is 5.41 Å². The quantitative estimate of drug-likeness (QED) is 0.686. The minimum absolute atomic E-state index is 0.0106. The van der Waals surface area contributed by atoms with E-state index in [4.69, 9.17) is 4.52 Å². The topological polar surface area (TPSA) is 75.3 Å². The Kier molecular flexibility index (Phi) is 4.06. The van der Waals surface area contributed by atoms with E-state index in [0.717, 1.165) is 22.9 Å². The van der Waals surface area contributed by atoms with Crippen molar-refractivity contribution in [2.24, 2.45) is 0 Å². The molecule has 1 atom stereocenters. The van der Waals surface area contributed by atoms with Crippen molar-refractivity contribution in [2.75, 3.05) is 11.4 Å². The third-order valence-corrected chi connectivity index (χ3v) is 5.42. The second-order valence-corrected chi connectivity index (χ2v) is 8.33. The summed E-state index contributed by atoms with van der Waals surface area (Å²) < 4.78 is 9.17.